The van der Waals surface area contributed by atoms with Crippen molar-refractivity contribution in [1.82, 2.24) is 5.32 Å². The van der Waals surface area contributed by atoms with Gasteiger partial charge in [-0.15, -0.1) is 0 Å². The number of hydrogen-bond acceptors (Lipinski definition) is 2. The van der Waals surface area contributed by atoms with Gasteiger partial charge in [0.2, 0.25) is 0 Å². The molecule has 0 saturated heterocycles. The second-order valence-corrected chi connectivity index (χ2v) is 6.25. The molecule has 0 fully saturated rings. The summed E-state index contributed by atoms with van der Waals surface area (Å²) < 4.78 is 0. The zero-order chi connectivity index (χ0) is 16.9. The number of nitrogens with zero attached hydrogens (tertiary/aromatic N) is 1. The minimum Gasteiger partial charge on any atom is -0.337 e. The largest absolute Gasteiger partial charge is 0.337 e. The Morgan fingerprint density at radius 1 is 1.04 bits per heavy atom. The Bertz CT molecular complexity index is 487. The number of nitriles is 1. The van der Waals surface area contributed by atoms with Crippen LogP contribution in [0, 0.1) is 11.3 Å². The Kier molecular flexibility index (Phi) is 9.79. The highest BCUT2D eigenvalue weighted by Crippen LogP contribution is 2.12. The zero-order valence-corrected chi connectivity index (χ0v) is 14.6. The zero-order valence-electron chi connectivity index (χ0n) is 14.6. The maximum absolute atomic E-state index is 11.9. The molecular weight excluding hydrogens is 284 g/mol. The Morgan fingerprint density at radius 2 is 1.61 bits per heavy atom. The molecule has 1 atom stereocenters. The quantitative estimate of drug-likeness (QED) is 0.584. The number of amides is 1. The first kappa shape index (κ1) is 19.2. The smallest absolute Gasteiger partial charge is 0.252 e. The van der Waals surface area contributed by atoms with Gasteiger partial charge in [0, 0.05) is 5.56 Å². The van der Waals surface area contributed by atoms with Crippen LogP contribution in [0.1, 0.15) is 81.1 Å². The van der Waals surface area contributed by atoms with E-state index in [4.69, 9.17) is 5.26 Å². The third kappa shape index (κ3) is 8.40. The molecule has 0 aliphatic carbocycles. The highest BCUT2D eigenvalue weighted by Gasteiger charge is 2.08. The average molecular weight is 314 g/mol. The molecule has 1 amide bonds. The first-order valence-corrected chi connectivity index (χ1v) is 8.96. The van der Waals surface area contributed by atoms with Gasteiger partial charge in [-0.25, -0.2) is 0 Å². The number of rotatable bonds is 11. The maximum Gasteiger partial charge on any atom is 0.252 e. The predicted molar refractivity (Wildman–Crippen MR) is 95.3 cm³/mol. The first-order chi connectivity index (χ1) is 11.2. The number of carbonyl (C=O) groups excluding carboxylic acids is 1. The first-order valence-electron chi connectivity index (χ1n) is 8.96. The summed E-state index contributed by atoms with van der Waals surface area (Å²) in [6, 6.07) is 9.28. The summed E-state index contributed by atoms with van der Waals surface area (Å²) in [5, 5.41) is 11.4. The lowest BCUT2D eigenvalue weighted by molar-refractivity contribution is 0.0948. The van der Waals surface area contributed by atoms with Crippen molar-refractivity contribution in [3.8, 4) is 6.07 Å². The van der Waals surface area contributed by atoms with Gasteiger partial charge < -0.3 is 5.32 Å². The van der Waals surface area contributed by atoms with Crippen molar-refractivity contribution < 1.29 is 4.79 Å². The summed E-state index contributed by atoms with van der Waals surface area (Å²) in [5.74, 6) is -0.183. The minimum atomic E-state index is -0.459. The molecule has 1 rings (SSSR count). The van der Waals surface area contributed by atoms with Gasteiger partial charge in [-0.3, -0.25) is 4.79 Å². The molecule has 0 spiro atoms. The second-order valence-electron chi connectivity index (χ2n) is 6.25. The SMILES string of the molecule is CCCCCCCCCCc1ccc(C(=O)NC(C)C#N)cc1. The van der Waals surface area contributed by atoms with E-state index in [0.29, 0.717) is 5.56 Å². The van der Waals surface area contributed by atoms with Gasteiger partial charge >= 0.3 is 0 Å². The molecule has 126 valence electrons. The van der Waals surface area contributed by atoms with E-state index in [2.05, 4.69) is 12.2 Å². The monoisotopic (exact) mass is 314 g/mol. The van der Waals surface area contributed by atoms with E-state index < -0.39 is 6.04 Å². The molecule has 1 N–H and O–H groups in total. The standard InChI is InChI=1S/C20H30N2O/c1-3-4-5-6-7-8-9-10-11-18-12-14-19(15-13-18)20(23)22-17(2)16-21/h12-15,17H,3-11H2,1-2H3,(H,22,23). The summed E-state index contributed by atoms with van der Waals surface area (Å²) >= 11 is 0. The van der Waals surface area contributed by atoms with Gasteiger partial charge in [0.05, 0.1) is 6.07 Å². The van der Waals surface area contributed by atoms with E-state index in [-0.39, 0.29) is 5.91 Å². The van der Waals surface area contributed by atoms with E-state index in [1.54, 1.807) is 6.92 Å². The second kappa shape index (κ2) is 11.7. The molecule has 0 radical (unpaired) electrons. The Hall–Kier alpha value is -1.82. The number of nitrogens with one attached hydrogen (secondary N) is 1. The fourth-order valence-electron chi connectivity index (χ4n) is 2.60. The summed E-state index contributed by atoms with van der Waals surface area (Å²) in [7, 11) is 0. The van der Waals surface area contributed by atoms with Gasteiger partial charge in [0.25, 0.3) is 5.91 Å². The number of aryl methyl sites for hydroxylation is 1. The van der Waals surface area contributed by atoms with Crippen molar-refractivity contribution in [1.29, 1.82) is 5.26 Å². The number of unbranched alkanes of at least 4 members (excludes halogenated alkanes) is 7. The number of benzene rings is 1. The third-order valence-electron chi connectivity index (χ3n) is 4.08. The van der Waals surface area contributed by atoms with Crippen molar-refractivity contribution in [2.24, 2.45) is 0 Å². The molecule has 0 saturated carbocycles. The number of carbonyl (C=O) groups is 1. The number of hydrogen-bond donors (Lipinski definition) is 1. The van der Waals surface area contributed by atoms with Crippen LogP contribution in [0.3, 0.4) is 0 Å². The topological polar surface area (TPSA) is 52.9 Å². The molecule has 1 aromatic carbocycles. The summed E-state index contributed by atoms with van der Waals surface area (Å²) in [4.78, 5) is 11.9. The van der Waals surface area contributed by atoms with Crippen LogP contribution in [0.15, 0.2) is 24.3 Å². The van der Waals surface area contributed by atoms with E-state index >= 15 is 0 Å². The van der Waals surface area contributed by atoms with Crippen molar-refractivity contribution in [2.75, 3.05) is 0 Å². The van der Waals surface area contributed by atoms with Crippen LogP contribution in [-0.2, 0) is 6.42 Å². The maximum atomic E-state index is 11.9. The lowest BCUT2D eigenvalue weighted by atomic mass is 10.0. The summed E-state index contributed by atoms with van der Waals surface area (Å²) in [6.45, 7) is 3.92. The van der Waals surface area contributed by atoms with Crippen molar-refractivity contribution >= 4 is 5.91 Å². The summed E-state index contributed by atoms with van der Waals surface area (Å²) in [5.41, 5.74) is 1.90. The van der Waals surface area contributed by atoms with Gasteiger partial charge in [0.1, 0.15) is 6.04 Å². The van der Waals surface area contributed by atoms with Gasteiger partial charge in [-0.1, -0.05) is 64.0 Å². The van der Waals surface area contributed by atoms with Crippen LogP contribution in [0.2, 0.25) is 0 Å². The van der Waals surface area contributed by atoms with E-state index in [0.717, 1.165) is 6.42 Å². The highest BCUT2D eigenvalue weighted by molar-refractivity contribution is 5.94. The third-order valence-corrected chi connectivity index (χ3v) is 4.08. The summed E-state index contributed by atoms with van der Waals surface area (Å²) in [6.07, 6.45) is 11.7. The molecule has 0 aliphatic heterocycles. The Morgan fingerprint density at radius 3 is 2.17 bits per heavy atom. The molecule has 0 aliphatic rings. The van der Waals surface area contributed by atoms with E-state index in [1.807, 2.05) is 30.3 Å². The molecule has 1 aromatic rings. The van der Waals surface area contributed by atoms with Crippen molar-refractivity contribution in [3.63, 3.8) is 0 Å². The van der Waals surface area contributed by atoms with Crippen LogP contribution in [-0.4, -0.2) is 11.9 Å². The van der Waals surface area contributed by atoms with Crippen LogP contribution < -0.4 is 5.32 Å². The minimum absolute atomic E-state index is 0.183. The lowest BCUT2D eigenvalue weighted by Gasteiger charge is -2.07. The van der Waals surface area contributed by atoms with Gasteiger partial charge in [0.15, 0.2) is 0 Å². The van der Waals surface area contributed by atoms with Crippen LogP contribution >= 0.6 is 0 Å². The molecule has 0 bridgehead atoms. The van der Waals surface area contributed by atoms with Crippen LogP contribution in [0.5, 0.6) is 0 Å². The molecular formula is C20H30N2O. The molecule has 3 heteroatoms. The fourth-order valence-corrected chi connectivity index (χ4v) is 2.60. The fraction of sp³-hybridized carbons (Fsp3) is 0.600. The molecule has 3 nitrogen and oxygen atoms in total. The normalized spacial score (nSPS) is 11.7. The molecule has 23 heavy (non-hydrogen) atoms. The van der Waals surface area contributed by atoms with E-state index in [9.17, 15) is 4.79 Å². The predicted octanol–water partition coefficient (Wildman–Crippen LogP) is 5.01. The lowest BCUT2D eigenvalue weighted by Crippen LogP contribution is -2.31. The van der Waals surface area contributed by atoms with Gasteiger partial charge in [-0.2, -0.15) is 5.26 Å². The van der Waals surface area contributed by atoms with Crippen molar-refractivity contribution in [3.05, 3.63) is 35.4 Å². The van der Waals surface area contributed by atoms with Crippen molar-refractivity contribution in [2.45, 2.75) is 77.7 Å². The highest BCUT2D eigenvalue weighted by atomic mass is 16.1. The van der Waals surface area contributed by atoms with E-state index in [1.165, 1.54) is 56.9 Å². The Balaban J connectivity index is 2.21. The van der Waals surface area contributed by atoms with Crippen LogP contribution in [0.25, 0.3) is 0 Å². The molecule has 0 aromatic heterocycles. The molecule has 1 unspecified atom stereocenters. The Labute approximate surface area is 141 Å². The van der Waals surface area contributed by atoms with Gasteiger partial charge in [-0.05, 0) is 37.5 Å². The molecule has 0 heterocycles. The van der Waals surface area contributed by atoms with Crippen LogP contribution in [0.4, 0.5) is 0 Å². The average Bonchev–Trinajstić information content (AvgIpc) is 2.57.